The molecule has 1 aliphatic heterocycles. The molecule has 0 aliphatic carbocycles. The Labute approximate surface area is 106 Å². The van der Waals surface area contributed by atoms with Gasteiger partial charge in [-0.05, 0) is 26.0 Å². The molecule has 18 heavy (non-hydrogen) atoms. The molecule has 0 N–H and O–H groups in total. The maximum absolute atomic E-state index is 11.6. The van der Waals surface area contributed by atoms with Crippen molar-refractivity contribution in [3.05, 3.63) is 35.9 Å². The molecule has 1 aromatic carbocycles. The number of carbonyl (C=O) groups is 1. The molecule has 1 saturated heterocycles. The molecule has 1 aromatic rings. The van der Waals surface area contributed by atoms with Crippen molar-refractivity contribution in [3.63, 3.8) is 0 Å². The average molecular weight is 248 g/mol. The van der Waals surface area contributed by atoms with Gasteiger partial charge in [0.2, 0.25) is 0 Å². The fraction of sp³-hybridized carbons (Fsp3) is 0.357. The summed E-state index contributed by atoms with van der Waals surface area (Å²) in [7, 11) is 0. The van der Waals surface area contributed by atoms with Crippen LogP contribution in [0.3, 0.4) is 0 Å². The molecule has 4 nitrogen and oxygen atoms in total. The van der Waals surface area contributed by atoms with Crippen LogP contribution in [0, 0.1) is 0 Å². The van der Waals surface area contributed by atoms with E-state index in [0.717, 1.165) is 6.61 Å². The number of esters is 1. The van der Waals surface area contributed by atoms with Gasteiger partial charge in [0, 0.05) is 11.6 Å². The first kappa shape index (κ1) is 12.6. The van der Waals surface area contributed by atoms with Crippen molar-refractivity contribution in [2.45, 2.75) is 20.0 Å². The van der Waals surface area contributed by atoms with Gasteiger partial charge < -0.3 is 14.2 Å². The number of hydrogen-bond donors (Lipinski definition) is 0. The third-order valence-corrected chi connectivity index (χ3v) is 2.61. The van der Waals surface area contributed by atoms with E-state index in [4.69, 9.17) is 14.2 Å². The molecule has 1 fully saturated rings. The van der Waals surface area contributed by atoms with Crippen LogP contribution in [0.4, 0.5) is 0 Å². The number of benzene rings is 1. The van der Waals surface area contributed by atoms with Gasteiger partial charge in [0.05, 0.1) is 6.61 Å². The van der Waals surface area contributed by atoms with E-state index in [-0.39, 0.29) is 12.1 Å². The maximum atomic E-state index is 11.6. The van der Waals surface area contributed by atoms with Gasteiger partial charge in [-0.3, -0.25) is 0 Å². The third-order valence-electron chi connectivity index (χ3n) is 2.61. The maximum Gasteiger partial charge on any atom is 0.338 e. The highest BCUT2D eigenvalue weighted by atomic mass is 16.6. The minimum atomic E-state index is -0.347. The van der Waals surface area contributed by atoms with E-state index in [1.165, 1.54) is 0 Å². The molecular weight excluding hydrogens is 232 g/mol. The highest BCUT2D eigenvalue weighted by Gasteiger charge is 2.23. The molecule has 2 rings (SSSR count). The summed E-state index contributed by atoms with van der Waals surface area (Å²) in [5.41, 5.74) is 0.577. The van der Waals surface area contributed by atoms with E-state index in [0.29, 0.717) is 23.7 Å². The average Bonchev–Trinajstić information content (AvgIpc) is 3.20. The van der Waals surface area contributed by atoms with Crippen LogP contribution in [0.5, 0.6) is 11.5 Å². The Morgan fingerprint density at radius 1 is 1.50 bits per heavy atom. The summed E-state index contributed by atoms with van der Waals surface area (Å²) in [6.07, 6.45) is 1.93. The van der Waals surface area contributed by atoms with Crippen LogP contribution in [0.1, 0.15) is 13.8 Å². The Kier molecular flexibility index (Phi) is 3.99. The fourth-order valence-electron chi connectivity index (χ4n) is 1.29. The molecule has 0 bridgehead atoms. The van der Waals surface area contributed by atoms with Crippen molar-refractivity contribution in [3.8, 4) is 11.5 Å². The number of allylic oxidation sites excluding steroid dienone is 1. The van der Waals surface area contributed by atoms with E-state index in [9.17, 15) is 4.79 Å². The number of hydrogen-bond acceptors (Lipinski definition) is 4. The zero-order chi connectivity index (χ0) is 13.0. The van der Waals surface area contributed by atoms with Crippen LogP contribution in [-0.2, 0) is 9.53 Å². The Balaban J connectivity index is 1.95. The molecule has 96 valence electrons. The first-order valence-electron chi connectivity index (χ1n) is 5.88. The standard InChI is InChI=1S/C14H16O4/c1-3-10(2)14(15)18-12-6-4-5-11(7-12)16-8-13-9-17-13/h3-7,13H,8-9H2,1-2H3. The molecule has 0 radical (unpaired) electrons. The molecular formula is C14H16O4. The second-order valence-corrected chi connectivity index (χ2v) is 4.10. The minimum Gasteiger partial charge on any atom is -0.491 e. The zero-order valence-corrected chi connectivity index (χ0v) is 10.5. The monoisotopic (exact) mass is 248 g/mol. The smallest absolute Gasteiger partial charge is 0.338 e. The first-order chi connectivity index (χ1) is 8.69. The summed E-state index contributed by atoms with van der Waals surface area (Å²) in [6.45, 7) is 4.80. The molecule has 0 spiro atoms. The second kappa shape index (κ2) is 5.69. The predicted molar refractivity (Wildman–Crippen MR) is 66.7 cm³/mol. The molecule has 0 saturated carbocycles. The number of epoxide rings is 1. The lowest BCUT2D eigenvalue weighted by molar-refractivity contribution is -0.130. The van der Waals surface area contributed by atoms with Crippen molar-refractivity contribution >= 4 is 5.97 Å². The van der Waals surface area contributed by atoms with Gasteiger partial charge in [0.25, 0.3) is 0 Å². The van der Waals surface area contributed by atoms with E-state index in [1.54, 1.807) is 38.1 Å². The number of ether oxygens (including phenoxy) is 3. The van der Waals surface area contributed by atoms with Crippen LogP contribution in [-0.4, -0.2) is 25.3 Å². The molecule has 0 amide bonds. The Bertz CT molecular complexity index is 461. The first-order valence-corrected chi connectivity index (χ1v) is 5.88. The molecule has 1 unspecified atom stereocenters. The van der Waals surface area contributed by atoms with Crippen molar-refractivity contribution in [2.24, 2.45) is 0 Å². The van der Waals surface area contributed by atoms with Crippen molar-refractivity contribution in [1.82, 2.24) is 0 Å². The highest BCUT2D eigenvalue weighted by molar-refractivity contribution is 5.89. The van der Waals surface area contributed by atoms with Gasteiger partial charge in [0.15, 0.2) is 0 Å². The van der Waals surface area contributed by atoms with Crippen molar-refractivity contribution in [2.75, 3.05) is 13.2 Å². The highest BCUT2D eigenvalue weighted by Crippen LogP contribution is 2.21. The summed E-state index contributed by atoms with van der Waals surface area (Å²) in [6, 6.07) is 7.03. The summed E-state index contributed by atoms with van der Waals surface area (Å²) >= 11 is 0. The molecule has 1 atom stereocenters. The van der Waals surface area contributed by atoms with Crippen LogP contribution in [0.25, 0.3) is 0 Å². The predicted octanol–water partition coefficient (Wildman–Crippen LogP) is 2.34. The van der Waals surface area contributed by atoms with Crippen LogP contribution >= 0.6 is 0 Å². The van der Waals surface area contributed by atoms with E-state index >= 15 is 0 Å². The van der Waals surface area contributed by atoms with Gasteiger partial charge >= 0.3 is 5.97 Å². The number of carbonyl (C=O) groups excluding carboxylic acids is 1. The Hall–Kier alpha value is -1.81. The van der Waals surface area contributed by atoms with Gasteiger partial charge in [-0.2, -0.15) is 0 Å². The van der Waals surface area contributed by atoms with Crippen LogP contribution in [0.2, 0.25) is 0 Å². The molecule has 0 aromatic heterocycles. The Morgan fingerprint density at radius 2 is 2.22 bits per heavy atom. The summed E-state index contributed by atoms with van der Waals surface area (Å²) < 4.78 is 15.8. The number of rotatable bonds is 5. The lowest BCUT2D eigenvalue weighted by Crippen LogP contribution is -2.09. The quantitative estimate of drug-likeness (QED) is 0.347. The summed E-state index contributed by atoms with van der Waals surface area (Å²) in [5, 5.41) is 0. The normalized spacial score (nSPS) is 18.3. The van der Waals surface area contributed by atoms with Gasteiger partial charge in [-0.15, -0.1) is 0 Å². The van der Waals surface area contributed by atoms with Crippen molar-refractivity contribution in [1.29, 1.82) is 0 Å². The van der Waals surface area contributed by atoms with E-state index in [1.807, 2.05) is 6.07 Å². The SMILES string of the molecule is CC=C(C)C(=O)Oc1cccc(OCC2CO2)c1. The van der Waals surface area contributed by atoms with Gasteiger partial charge in [-0.1, -0.05) is 12.1 Å². The summed E-state index contributed by atoms with van der Waals surface area (Å²) in [5.74, 6) is 0.810. The Morgan fingerprint density at radius 3 is 2.89 bits per heavy atom. The van der Waals surface area contributed by atoms with Crippen molar-refractivity contribution < 1.29 is 19.0 Å². The van der Waals surface area contributed by atoms with E-state index < -0.39 is 0 Å². The molecule has 4 heteroatoms. The zero-order valence-electron chi connectivity index (χ0n) is 10.5. The van der Waals surface area contributed by atoms with Gasteiger partial charge in [-0.25, -0.2) is 4.79 Å². The van der Waals surface area contributed by atoms with Crippen LogP contribution in [0.15, 0.2) is 35.9 Å². The van der Waals surface area contributed by atoms with E-state index in [2.05, 4.69) is 0 Å². The lowest BCUT2D eigenvalue weighted by atomic mass is 10.3. The largest absolute Gasteiger partial charge is 0.491 e. The minimum absolute atomic E-state index is 0.210. The second-order valence-electron chi connectivity index (χ2n) is 4.10. The molecule has 1 aliphatic rings. The summed E-state index contributed by atoms with van der Waals surface area (Å²) in [4.78, 5) is 11.6. The third kappa shape index (κ3) is 3.60. The lowest BCUT2D eigenvalue weighted by Gasteiger charge is -2.07. The molecule has 1 heterocycles. The fourth-order valence-corrected chi connectivity index (χ4v) is 1.29. The van der Waals surface area contributed by atoms with Gasteiger partial charge in [0.1, 0.15) is 24.2 Å². The topological polar surface area (TPSA) is 48.1 Å². The van der Waals surface area contributed by atoms with Crippen LogP contribution < -0.4 is 9.47 Å².